The molecule has 0 aromatic heterocycles. The molecule has 1 amide bonds. The first-order chi connectivity index (χ1) is 14.1. The van der Waals surface area contributed by atoms with E-state index in [0.717, 1.165) is 12.8 Å². The van der Waals surface area contributed by atoms with Crippen LogP contribution in [0.1, 0.15) is 46.4 Å². The number of piperidine rings is 1. The molecule has 2 aromatic carbocycles. The van der Waals surface area contributed by atoms with E-state index in [0.29, 0.717) is 35.5 Å². The maximum Gasteiger partial charge on any atom is 0.338 e. The molecular weight excluding hydrogens is 370 g/mol. The first-order valence-electron chi connectivity index (χ1n) is 9.91. The van der Waals surface area contributed by atoms with Gasteiger partial charge in [-0.2, -0.15) is 0 Å². The average Bonchev–Trinajstić information content (AvgIpc) is 3.03. The van der Waals surface area contributed by atoms with Crippen LogP contribution in [0.5, 0.6) is 11.5 Å². The molecule has 6 heteroatoms. The number of amides is 1. The summed E-state index contributed by atoms with van der Waals surface area (Å²) in [6.07, 6.45) is 3.07. The van der Waals surface area contributed by atoms with E-state index in [1.54, 1.807) is 25.3 Å². The third-order valence-electron chi connectivity index (χ3n) is 5.84. The van der Waals surface area contributed by atoms with Gasteiger partial charge in [-0.1, -0.05) is 18.2 Å². The molecule has 4 rings (SSSR count). The summed E-state index contributed by atoms with van der Waals surface area (Å²) in [4.78, 5) is 27.6. The standard InChI is InChI=1S/C23H25NO5/c1-27-20-11-8-16(12-21(20)28-2)23(26)29-19-13-17-9-10-18(14-19)24(17)22(25)15-6-4-3-5-7-15/h3-8,11-12,17-19H,9-10,13-14H2,1-2H3/t17-,18+,19?. The zero-order valence-electron chi connectivity index (χ0n) is 16.7. The highest BCUT2D eigenvalue weighted by Crippen LogP contribution is 2.38. The number of nitrogens with zero attached hydrogens (tertiary/aromatic N) is 1. The quantitative estimate of drug-likeness (QED) is 0.723. The topological polar surface area (TPSA) is 65.1 Å². The molecule has 2 aliphatic heterocycles. The van der Waals surface area contributed by atoms with Crippen LogP contribution in [0.25, 0.3) is 0 Å². The fourth-order valence-corrected chi connectivity index (χ4v) is 4.47. The van der Waals surface area contributed by atoms with E-state index < -0.39 is 0 Å². The number of ether oxygens (including phenoxy) is 3. The summed E-state index contributed by atoms with van der Waals surface area (Å²) in [6.45, 7) is 0. The van der Waals surface area contributed by atoms with Gasteiger partial charge in [0.1, 0.15) is 6.10 Å². The van der Waals surface area contributed by atoms with Crippen LogP contribution in [0.2, 0.25) is 0 Å². The summed E-state index contributed by atoms with van der Waals surface area (Å²) < 4.78 is 16.3. The molecule has 0 radical (unpaired) electrons. The van der Waals surface area contributed by atoms with Crippen molar-refractivity contribution < 1.29 is 23.8 Å². The number of rotatable bonds is 5. The lowest BCUT2D eigenvalue weighted by atomic mass is 9.98. The van der Waals surface area contributed by atoms with Crippen molar-refractivity contribution in [2.45, 2.75) is 43.9 Å². The van der Waals surface area contributed by atoms with Gasteiger partial charge in [-0.05, 0) is 43.2 Å². The highest BCUT2D eigenvalue weighted by Gasteiger charge is 2.44. The minimum Gasteiger partial charge on any atom is -0.493 e. The molecule has 2 fully saturated rings. The molecule has 0 saturated carbocycles. The highest BCUT2D eigenvalue weighted by atomic mass is 16.5. The Morgan fingerprint density at radius 3 is 2.14 bits per heavy atom. The fraction of sp³-hybridized carbons (Fsp3) is 0.391. The van der Waals surface area contributed by atoms with Crippen LogP contribution in [0.15, 0.2) is 48.5 Å². The van der Waals surface area contributed by atoms with E-state index in [-0.39, 0.29) is 30.1 Å². The second kappa shape index (κ2) is 8.15. The van der Waals surface area contributed by atoms with Gasteiger partial charge in [0.15, 0.2) is 11.5 Å². The van der Waals surface area contributed by atoms with E-state index >= 15 is 0 Å². The number of fused-ring (bicyclic) bond motifs is 2. The molecule has 2 saturated heterocycles. The van der Waals surface area contributed by atoms with Crippen molar-refractivity contribution in [2.24, 2.45) is 0 Å². The number of hydrogen-bond acceptors (Lipinski definition) is 5. The average molecular weight is 395 g/mol. The molecule has 6 nitrogen and oxygen atoms in total. The third kappa shape index (κ3) is 3.79. The van der Waals surface area contributed by atoms with Gasteiger partial charge in [0.2, 0.25) is 0 Å². The molecule has 2 heterocycles. The Hall–Kier alpha value is -3.02. The number of esters is 1. The fourth-order valence-electron chi connectivity index (χ4n) is 4.47. The minimum absolute atomic E-state index is 0.0720. The molecule has 0 spiro atoms. The normalized spacial score (nSPS) is 22.8. The molecular formula is C23H25NO5. The largest absolute Gasteiger partial charge is 0.493 e. The van der Waals surface area contributed by atoms with Crippen molar-refractivity contribution in [3.8, 4) is 11.5 Å². The number of methoxy groups -OCH3 is 2. The van der Waals surface area contributed by atoms with Crippen molar-refractivity contribution in [3.05, 3.63) is 59.7 Å². The zero-order chi connectivity index (χ0) is 20.4. The van der Waals surface area contributed by atoms with Crippen LogP contribution in [-0.2, 0) is 4.74 Å². The van der Waals surface area contributed by atoms with Gasteiger partial charge in [0.05, 0.1) is 19.8 Å². The predicted molar refractivity (Wildman–Crippen MR) is 107 cm³/mol. The summed E-state index contributed by atoms with van der Waals surface area (Å²) in [5, 5.41) is 0. The summed E-state index contributed by atoms with van der Waals surface area (Å²) in [7, 11) is 3.08. The molecule has 152 valence electrons. The van der Waals surface area contributed by atoms with Crippen LogP contribution in [0.3, 0.4) is 0 Å². The van der Waals surface area contributed by atoms with E-state index in [2.05, 4.69) is 0 Å². The molecule has 2 bridgehead atoms. The summed E-state index contributed by atoms with van der Waals surface area (Å²) >= 11 is 0. The van der Waals surface area contributed by atoms with Crippen LogP contribution >= 0.6 is 0 Å². The predicted octanol–water partition coefficient (Wildman–Crippen LogP) is 3.70. The minimum atomic E-state index is -0.377. The number of carbonyl (C=O) groups is 2. The second-order valence-electron chi connectivity index (χ2n) is 7.53. The zero-order valence-corrected chi connectivity index (χ0v) is 16.7. The smallest absolute Gasteiger partial charge is 0.338 e. The summed E-state index contributed by atoms with van der Waals surface area (Å²) in [5.74, 6) is 0.751. The Bertz CT molecular complexity index is 883. The van der Waals surface area contributed by atoms with E-state index in [1.807, 2.05) is 35.2 Å². The lowest BCUT2D eigenvalue weighted by molar-refractivity contribution is -0.00281. The summed E-state index contributed by atoms with van der Waals surface area (Å²) in [5.41, 5.74) is 1.14. The Morgan fingerprint density at radius 1 is 0.862 bits per heavy atom. The van der Waals surface area contributed by atoms with Crippen molar-refractivity contribution in [2.75, 3.05) is 14.2 Å². The van der Waals surface area contributed by atoms with Gasteiger partial charge in [-0.15, -0.1) is 0 Å². The van der Waals surface area contributed by atoms with Crippen LogP contribution in [0.4, 0.5) is 0 Å². The van der Waals surface area contributed by atoms with Crippen molar-refractivity contribution in [1.82, 2.24) is 4.90 Å². The molecule has 1 unspecified atom stereocenters. The Balaban J connectivity index is 1.43. The molecule has 2 aliphatic rings. The number of benzene rings is 2. The third-order valence-corrected chi connectivity index (χ3v) is 5.84. The second-order valence-corrected chi connectivity index (χ2v) is 7.53. The highest BCUT2D eigenvalue weighted by molar-refractivity contribution is 5.95. The SMILES string of the molecule is COc1ccc(C(=O)OC2C[C@H]3CC[C@@H](C2)N3C(=O)c2ccccc2)cc1OC. The van der Waals surface area contributed by atoms with Gasteiger partial charge in [0, 0.05) is 30.5 Å². The van der Waals surface area contributed by atoms with Gasteiger partial charge in [-0.25, -0.2) is 4.79 Å². The number of carbonyl (C=O) groups excluding carboxylic acids is 2. The molecule has 3 atom stereocenters. The van der Waals surface area contributed by atoms with Gasteiger partial charge in [-0.3, -0.25) is 4.79 Å². The Morgan fingerprint density at radius 2 is 1.52 bits per heavy atom. The van der Waals surface area contributed by atoms with Gasteiger partial charge < -0.3 is 19.1 Å². The molecule has 29 heavy (non-hydrogen) atoms. The van der Waals surface area contributed by atoms with Crippen LogP contribution in [0, 0.1) is 0 Å². The first-order valence-corrected chi connectivity index (χ1v) is 9.91. The monoisotopic (exact) mass is 395 g/mol. The van der Waals surface area contributed by atoms with Crippen LogP contribution in [-0.4, -0.2) is 49.2 Å². The maximum atomic E-state index is 12.9. The van der Waals surface area contributed by atoms with Gasteiger partial charge >= 0.3 is 5.97 Å². The molecule has 0 N–H and O–H groups in total. The lowest BCUT2D eigenvalue weighted by Crippen LogP contribution is -2.48. The van der Waals surface area contributed by atoms with E-state index in [1.165, 1.54) is 7.11 Å². The number of hydrogen-bond donors (Lipinski definition) is 0. The Labute approximate surface area is 170 Å². The Kier molecular flexibility index (Phi) is 5.43. The van der Waals surface area contributed by atoms with Gasteiger partial charge in [0.25, 0.3) is 5.91 Å². The van der Waals surface area contributed by atoms with E-state index in [4.69, 9.17) is 14.2 Å². The van der Waals surface area contributed by atoms with Crippen molar-refractivity contribution >= 4 is 11.9 Å². The summed E-state index contributed by atoms with van der Waals surface area (Å²) in [6, 6.07) is 14.6. The molecule has 0 aliphatic carbocycles. The van der Waals surface area contributed by atoms with Crippen LogP contribution < -0.4 is 9.47 Å². The first kappa shape index (κ1) is 19.3. The van der Waals surface area contributed by atoms with E-state index in [9.17, 15) is 9.59 Å². The van der Waals surface area contributed by atoms with Crippen molar-refractivity contribution in [1.29, 1.82) is 0 Å². The maximum absolute atomic E-state index is 12.9. The lowest BCUT2D eigenvalue weighted by Gasteiger charge is -2.38. The van der Waals surface area contributed by atoms with Crippen molar-refractivity contribution in [3.63, 3.8) is 0 Å². The molecule has 2 aromatic rings.